The first-order valence-corrected chi connectivity index (χ1v) is 6.66. The van der Waals surface area contributed by atoms with E-state index in [2.05, 4.69) is 26.0 Å². The molecule has 0 aliphatic rings. The van der Waals surface area contributed by atoms with Crippen LogP contribution in [0.3, 0.4) is 0 Å². The second kappa shape index (κ2) is 7.39. The Morgan fingerprint density at radius 2 is 2.06 bits per heavy atom. The van der Waals surface area contributed by atoms with Gasteiger partial charge in [0.15, 0.2) is 0 Å². The molecule has 0 fully saturated rings. The minimum absolute atomic E-state index is 0.158. The van der Waals surface area contributed by atoms with Gasteiger partial charge in [0, 0.05) is 6.61 Å². The van der Waals surface area contributed by atoms with Crippen molar-refractivity contribution in [3.63, 3.8) is 0 Å². The molecule has 0 spiro atoms. The van der Waals surface area contributed by atoms with Gasteiger partial charge in [0.2, 0.25) is 0 Å². The first kappa shape index (κ1) is 15.0. The topological polar surface area (TPSA) is 55.5 Å². The normalized spacial score (nSPS) is 12.5. The Bertz CT molecular complexity index is 373. The molecule has 0 radical (unpaired) electrons. The molecule has 0 aliphatic heterocycles. The zero-order chi connectivity index (χ0) is 13.5. The number of benzene rings is 1. The molecule has 1 aromatic carbocycles. The van der Waals surface area contributed by atoms with Crippen molar-refractivity contribution < 1.29 is 9.84 Å². The lowest BCUT2D eigenvalue weighted by molar-refractivity contribution is 0.222. The summed E-state index contributed by atoms with van der Waals surface area (Å²) in [6, 6.07) is 4.31. The van der Waals surface area contributed by atoms with E-state index in [0.717, 1.165) is 18.6 Å². The Balaban J connectivity index is 2.85. The molecule has 0 heterocycles. The lowest BCUT2D eigenvalue weighted by atomic mass is 9.96. The summed E-state index contributed by atoms with van der Waals surface area (Å²) in [7, 11) is 0. The van der Waals surface area contributed by atoms with Gasteiger partial charge in [-0.2, -0.15) is 0 Å². The number of hydrogen-bond donors (Lipinski definition) is 2. The maximum absolute atomic E-state index is 9.17. The Hall–Kier alpha value is -1.06. The second-order valence-corrected chi connectivity index (χ2v) is 4.83. The number of rotatable bonds is 7. The van der Waals surface area contributed by atoms with Gasteiger partial charge >= 0.3 is 0 Å². The van der Waals surface area contributed by atoms with E-state index in [4.69, 9.17) is 10.5 Å². The first-order valence-electron chi connectivity index (χ1n) is 6.66. The Morgan fingerprint density at radius 1 is 1.33 bits per heavy atom. The van der Waals surface area contributed by atoms with Crippen LogP contribution in [0.2, 0.25) is 0 Å². The van der Waals surface area contributed by atoms with Gasteiger partial charge in [0.1, 0.15) is 5.75 Å². The number of aliphatic hydroxyl groups excluding tert-OH is 1. The molecule has 1 rings (SSSR count). The second-order valence-electron chi connectivity index (χ2n) is 4.83. The molecule has 1 aromatic rings. The summed E-state index contributed by atoms with van der Waals surface area (Å²) >= 11 is 0. The molecule has 3 N–H and O–H groups in total. The molecule has 0 aliphatic carbocycles. The fraction of sp³-hybridized carbons (Fsp3) is 0.600. The Morgan fingerprint density at radius 3 is 2.61 bits per heavy atom. The standard InChI is InChI=1S/C15H25NO2/c1-4-18-15-12(3)7-11(2)8-14(15)6-5-13(9-16)10-17/h7-8,13,17H,4-6,9-10,16H2,1-3H3. The van der Waals surface area contributed by atoms with Gasteiger partial charge in [-0.05, 0) is 57.2 Å². The van der Waals surface area contributed by atoms with Crippen LogP contribution in [0.15, 0.2) is 12.1 Å². The van der Waals surface area contributed by atoms with Crippen molar-refractivity contribution in [2.24, 2.45) is 11.7 Å². The summed E-state index contributed by atoms with van der Waals surface area (Å²) in [5, 5.41) is 9.17. The highest BCUT2D eigenvalue weighted by atomic mass is 16.5. The van der Waals surface area contributed by atoms with Gasteiger partial charge in [-0.15, -0.1) is 0 Å². The number of ether oxygens (including phenoxy) is 1. The summed E-state index contributed by atoms with van der Waals surface area (Å²) in [5.74, 6) is 1.18. The molecule has 0 saturated carbocycles. The summed E-state index contributed by atoms with van der Waals surface area (Å²) in [5.41, 5.74) is 9.27. The van der Waals surface area contributed by atoms with E-state index >= 15 is 0 Å². The summed E-state index contributed by atoms with van der Waals surface area (Å²) < 4.78 is 5.73. The number of hydrogen-bond acceptors (Lipinski definition) is 3. The van der Waals surface area contributed by atoms with Crippen LogP contribution in [0.5, 0.6) is 5.75 Å². The predicted molar refractivity (Wildman–Crippen MR) is 75.0 cm³/mol. The van der Waals surface area contributed by atoms with Crippen LogP contribution in [0.25, 0.3) is 0 Å². The minimum Gasteiger partial charge on any atom is -0.493 e. The average Bonchev–Trinajstić information content (AvgIpc) is 2.34. The molecule has 3 heteroatoms. The van der Waals surface area contributed by atoms with Crippen molar-refractivity contribution in [1.82, 2.24) is 0 Å². The summed E-state index contributed by atoms with van der Waals surface area (Å²) in [4.78, 5) is 0. The van der Waals surface area contributed by atoms with Crippen molar-refractivity contribution in [2.45, 2.75) is 33.6 Å². The van der Waals surface area contributed by atoms with E-state index in [0.29, 0.717) is 13.2 Å². The third-order valence-corrected chi connectivity index (χ3v) is 3.20. The maximum atomic E-state index is 9.17. The van der Waals surface area contributed by atoms with Crippen molar-refractivity contribution >= 4 is 0 Å². The van der Waals surface area contributed by atoms with Gasteiger partial charge in [-0.1, -0.05) is 17.7 Å². The minimum atomic E-state index is 0.158. The molecule has 0 saturated heterocycles. The number of aryl methyl sites for hydroxylation is 3. The van der Waals surface area contributed by atoms with Crippen molar-refractivity contribution in [3.8, 4) is 5.75 Å². The van der Waals surface area contributed by atoms with Gasteiger partial charge in [0.05, 0.1) is 6.61 Å². The van der Waals surface area contributed by atoms with Gasteiger partial charge in [-0.3, -0.25) is 0 Å². The molecular formula is C15H25NO2. The molecule has 1 unspecified atom stereocenters. The third-order valence-electron chi connectivity index (χ3n) is 3.20. The predicted octanol–water partition coefficient (Wildman–Crippen LogP) is 2.20. The highest BCUT2D eigenvalue weighted by Gasteiger charge is 2.11. The van der Waals surface area contributed by atoms with Crippen LogP contribution in [-0.4, -0.2) is 24.9 Å². The maximum Gasteiger partial charge on any atom is 0.125 e. The van der Waals surface area contributed by atoms with Crippen molar-refractivity contribution in [3.05, 3.63) is 28.8 Å². The van der Waals surface area contributed by atoms with Gasteiger partial charge in [0.25, 0.3) is 0 Å². The molecule has 3 nitrogen and oxygen atoms in total. The molecule has 0 bridgehead atoms. The fourth-order valence-electron chi connectivity index (χ4n) is 2.22. The zero-order valence-corrected chi connectivity index (χ0v) is 11.7. The fourth-order valence-corrected chi connectivity index (χ4v) is 2.22. The van der Waals surface area contributed by atoms with E-state index in [1.807, 2.05) is 6.92 Å². The van der Waals surface area contributed by atoms with E-state index in [1.54, 1.807) is 0 Å². The van der Waals surface area contributed by atoms with Crippen molar-refractivity contribution in [2.75, 3.05) is 19.8 Å². The average molecular weight is 251 g/mol. The van der Waals surface area contributed by atoms with Crippen LogP contribution in [0.1, 0.15) is 30.0 Å². The van der Waals surface area contributed by atoms with E-state index in [-0.39, 0.29) is 12.5 Å². The van der Waals surface area contributed by atoms with Crippen molar-refractivity contribution in [1.29, 1.82) is 0 Å². The first-order chi connectivity index (χ1) is 8.62. The number of nitrogens with two attached hydrogens (primary N) is 1. The van der Waals surface area contributed by atoms with E-state index < -0.39 is 0 Å². The largest absolute Gasteiger partial charge is 0.493 e. The molecular weight excluding hydrogens is 226 g/mol. The van der Waals surface area contributed by atoms with Crippen LogP contribution in [-0.2, 0) is 6.42 Å². The molecule has 0 aromatic heterocycles. The van der Waals surface area contributed by atoms with Crippen LogP contribution < -0.4 is 10.5 Å². The highest BCUT2D eigenvalue weighted by Crippen LogP contribution is 2.27. The molecule has 102 valence electrons. The van der Waals surface area contributed by atoms with Crippen LogP contribution >= 0.6 is 0 Å². The quantitative estimate of drug-likeness (QED) is 0.781. The molecule has 18 heavy (non-hydrogen) atoms. The van der Waals surface area contributed by atoms with Gasteiger partial charge in [-0.25, -0.2) is 0 Å². The smallest absolute Gasteiger partial charge is 0.125 e. The van der Waals surface area contributed by atoms with Crippen LogP contribution in [0, 0.1) is 19.8 Å². The third kappa shape index (κ3) is 4.00. The van der Waals surface area contributed by atoms with Crippen LogP contribution in [0.4, 0.5) is 0 Å². The summed E-state index contributed by atoms with van der Waals surface area (Å²) in [6.45, 7) is 7.54. The summed E-state index contributed by atoms with van der Waals surface area (Å²) in [6.07, 6.45) is 1.80. The van der Waals surface area contributed by atoms with Gasteiger partial charge < -0.3 is 15.6 Å². The van der Waals surface area contributed by atoms with E-state index in [1.165, 1.54) is 16.7 Å². The van der Waals surface area contributed by atoms with E-state index in [9.17, 15) is 5.11 Å². The Kier molecular flexibility index (Phi) is 6.16. The monoisotopic (exact) mass is 251 g/mol. The Labute approximate surface area is 110 Å². The SMILES string of the molecule is CCOc1c(C)cc(C)cc1CCC(CN)CO. The molecule has 1 atom stereocenters. The molecule has 0 amide bonds. The number of aliphatic hydroxyl groups is 1. The lowest BCUT2D eigenvalue weighted by Crippen LogP contribution is -2.18. The highest BCUT2D eigenvalue weighted by molar-refractivity contribution is 5.44. The zero-order valence-electron chi connectivity index (χ0n) is 11.7. The lowest BCUT2D eigenvalue weighted by Gasteiger charge is -2.16.